The molecule has 2 atom stereocenters. The highest BCUT2D eigenvalue weighted by molar-refractivity contribution is 6.03. The summed E-state index contributed by atoms with van der Waals surface area (Å²) in [4.78, 5) is 12.6. The van der Waals surface area contributed by atoms with Crippen molar-refractivity contribution in [1.29, 1.82) is 0 Å². The predicted octanol–water partition coefficient (Wildman–Crippen LogP) is 2.01. The van der Waals surface area contributed by atoms with Crippen LogP contribution in [-0.4, -0.2) is 26.0 Å². The van der Waals surface area contributed by atoms with Gasteiger partial charge < -0.3 is 15.2 Å². The van der Waals surface area contributed by atoms with E-state index < -0.39 is 0 Å². The van der Waals surface area contributed by atoms with Gasteiger partial charge in [0.25, 0.3) is 0 Å². The lowest BCUT2D eigenvalue weighted by molar-refractivity contribution is 0.0907. The Hall–Kier alpha value is -1.55. The van der Waals surface area contributed by atoms with E-state index >= 15 is 0 Å². The largest absolute Gasteiger partial charge is 0.496 e. The molecule has 0 heterocycles. The molecule has 2 N–H and O–H groups in total. The minimum Gasteiger partial charge on any atom is -0.496 e. The van der Waals surface area contributed by atoms with E-state index in [1.54, 1.807) is 26.4 Å². The predicted molar refractivity (Wildman–Crippen MR) is 69.2 cm³/mol. The smallest absolute Gasteiger partial charge is 0.174 e. The first-order valence-electron chi connectivity index (χ1n) is 6.19. The van der Waals surface area contributed by atoms with E-state index in [0.717, 1.165) is 19.3 Å². The number of Topliss-reactive ketones (excluding diaryl/α,β-unsaturated/α-hetero) is 1. The van der Waals surface area contributed by atoms with Gasteiger partial charge in [0.1, 0.15) is 17.1 Å². The Morgan fingerprint density at radius 3 is 2.28 bits per heavy atom. The Bertz CT molecular complexity index is 422. The van der Waals surface area contributed by atoms with Gasteiger partial charge in [-0.25, -0.2) is 0 Å². The van der Waals surface area contributed by atoms with Crippen molar-refractivity contribution in [1.82, 2.24) is 0 Å². The molecule has 0 aliphatic heterocycles. The Labute approximate surface area is 107 Å². The number of benzene rings is 1. The zero-order valence-electron chi connectivity index (χ0n) is 10.8. The Balaban J connectivity index is 2.39. The summed E-state index contributed by atoms with van der Waals surface area (Å²) in [5.41, 5.74) is 6.52. The first-order valence-corrected chi connectivity index (χ1v) is 6.19. The maximum atomic E-state index is 12.6. The minimum atomic E-state index is -0.116. The first-order chi connectivity index (χ1) is 8.69. The van der Waals surface area contributed by atoms with Crippen molar-refractivity contribution < 1.29 is 14.3 Å². The molecular weight excluding hydrogens is 230 g/mol. The van der Waals surface area contributed by atoms with Crippen LogP contribution in [0.4, 0.5) is 0 Å². The van der Waals surface area contributed by atoms with Gasteiger partial charge in [-0.15, -0.1) is 0 Å². The molecule has 1 saturated carbocycles. The first kappa shape index (κ1) is 12.9. The summed E-state index contributed by atoms with van der Waals surface area (Å²) in [5.74, 6) is 1.03. The maximum Gasteiger partial charge on any atom is 0.174 e. The fourth-order valence-corrected chi connectivity index (χ4v) is 2.59. The number of nitrogens with two attached hydrogens (primary N) is 1. The van der Waals surface area contributed by atoms with E-state index in [9.17, 15) is 4.79 Å². The third-order valence-corrected chi connectivity index (χ3v) is 3.58. The van der Waals surface area contributed by atoms with Crippen LogP contribution in [0.3, 0.4) is 0 Å². The highest BCUT2D eigenvalue weighted by Gasteiger charge is 2.33. The number of methoxy groups -OCH3 is 2. The third-order valence-electron chi connectivity index (χ3n) is 3.58. The van der Waals surface area contributed by atoms with Gasteiger partial charge in [0, 0.05) is 12.0 Å². The van der Waals surface area contributed by atoms with Crippen LogP contribution in [0.2, 0.25) is 0 Å². The zero-order chi connectivity index (χ0) is 13.1. The molecule has 0 radical (unpaired) electrons. The topological polar surface area (TPSA) is 61.5 Å². The van der Waals surface area contributed by atoms with Gasteiger partial charge in [-0.2, -0.15) is 0 Å². The monoisotopic (exact) mass is 249 g/mol. The molecule has 2 unspecified atom stereocenters. The van der Waals surface area contributed by atoms with Crippen LogP contribution in [0.25, 0.3) is 0 Å². The summed E-state index contributed by atoms with van der Waals surface area (Å²) in [6.45, 7) is 0. The number of ether oxygens (including phenoxy) is 2. The summed E-state index contributed by atoms with van der Waals surface area (Å²) >= 11 is 0. The van der Waals surface area contributed by atoms with Crippen LogP contribution >= 0.6 is 0 Å². The van der Waals surface area contributed by atoms with Crippen molar-refractivity contribution in [2.75, 3.05) is 14.2 Å². The second kappa shape index (κ2) is 5.40. The quantitative estimate of drug-likeness (QED) is 0.829. The van der Waals surface area contributed by atoms with Crippen LogP contribution in [-0.2, 0) is 0 Å². The lowest BCUT2D eigenvalue weighted by Crippen LogP contribution is -2.31. The van der Waals surface area contributed by atoms with E-state index in [2.05, 4.69) is 0 Å². The van der Waals surface area contributed by atoms with E-state index in [1.165, 1.54) is 0 Å². The molecule has 0 amide bonds. The Kier molecular flexibility index (Phi) is 3.87. The second-order valence-electron chi connectivity index (χ2n) is 4.60. The number of rotatable bonds is 4. The maximum absolute atomic E-state index is 12.6. The lowest BCUT2D eigenvalue weighted by Gasteiger charge is -2.18. The Morgan fingerprint density at radius 1 is 1.22 bits per heavy atom. The van der Waals surface area contributed by atoms with E-state index in [0.29, 0.717) is 17.1 Å². The SMILES string of the molecule is COc1cccc(OC)c1C(=O)C1CCCC1N. The van der Waals surface area contributed by atoms with Gasteiger partial charge in [-0.3, -0.25) is 4.79 Å². The van der Waals surface area contributed by atoms with Crippen molar-refractivity contribution >= 4 is 5.78 Å². The lowest BCUT2D eigenvalue weighted by atomic mass is 9.92. The number of ketones is 1. The van der Waals surface area contributed by atoms with Gasteiger partial charge in [0.05, 0.1) is 14.2 Å². The molecule has 4 heteroatoms. The normalized spacial score (nSPS) is 22.8. The fraction of sp³-hybridized carbons (Fsp3) is 0.500. The van der Waals surface area contributed by atoms with Crippen LogP contribution in [0, 0.1) is 5.92 Å². The molecule has 0 saturated heterocycles. The molecule has 0 bridgehead atoms. The van der Waals surface area contributed by atoms with E-state index in [1.807, 2.05) is 6.07 Å². The number of carbonyl (C=O) groups is 1. The van der Waals surface area contributed by atoms with Gasteiger partial charge in [-0.05, 0) is 25.0 Å². The van der Waals surface area contributed by atoms with Crippen molar-refractivity contribution in [3.8, 4) is 11.5 Å². The average molecular weight is 249 g/mol. The molecule has 1 aliphatic carbocycles. The molecule has 1 fully saturated rings. The summed E-state index contributed by atoms with van der Waals surface area (Å²) in [6.07, 6.45) is 2.77. The fourth-order valence-electron chi connectivity index (χ4n) is 2.59. The summed E-state index contributed by atoms with van der Waals surface area (Å²) < 4.78 is 10.5. The summed E-state index contributed by atoms with van der Waals surface area (Å²) in [5, 5.41) is 0. The molecule has 4 nitrogen and oxygen atoms in total. The van der Waals surface area contributed by atoms with E-state index in [4.69, 9.17) is 15.2 Å². The standard InChI is InChI=1S/C14H19NO3/c1-17-11-7-4-8-12(18-2)13(11)14(16)9-5-3-6-10(9)15/h4,7-10H,3,5-6,15H2,1-2H3. The molecular formula is C14H19NO3. The number of carbonyl (C=O) groups excluding carboxylic acids is 1. The summed E-state index contributed by atoms with van der Waals surface area (Å²) in [6, 6.07) is 5.31. The van der Waals surface area contributed by atoms with Gasteiger partial charge in [0.2, 0.25) is 0 Å². The number of hydrogen-bond donors (Lipinski definition) is 1. The van der Waals surface area contributed by atoms with Gasteiger partial charge in [-0.1, -0.05) is 12.5 Å². The minimum absolute atomic E-state index is 0.0364. The molecule has 0 aromatic heterocycles. The van der Waals surface area contributed by atoms with Gasteiger partial charge >= 0.3 is 0 Å². The Morgan fingerprint density at radius 2 is 1.83 bits per heavy atom. The molecule has 2 rings (SSSR count). The summed E-state index contributed by atoms with van der Waals surface area (Å²) in [7, 11) is 3.11. The molecule has 1 aromatic carbocycles. The van der Waals surface area contributed by atoms with Crippen LogP contribution < -0.4 is 15.2 Å². The molecule has 18 heavy (non-hydrogen) atoms. The van der Waals surface area contributed by atoms with Gasteiger partial charge in [0.15, 0.2) is 5.78 Å². The van der Waals surface area contributed by atoms with Crippen molar-refractivity contribution in [2.45, 2.75) is 25.3 Å². The average Bonchev–Trinajstić information content (AvgIpc) is 2.83. The van der Waals surface area contributed by atoms with Crippen LogP contribution in [0.5, 0.6) is 11.5 Å². The highest BCUT2D eigenvalue weighted by atomic mass is 16.5. The van der Waals surface area contributed by atoms with Crippen molar-refractivity contribution in [3.05, 3.63) is 23.8 Å². The second-order valence-corrected chi connectivity index (χ2v) is 4.60. The third kappa shape index (κ3) is 2.20. The zero-order valence-corrected chi connectivity index (χ0v) is 10.8. The number of hydrogen-bond acceptors (Lipinski definition) is 4. The molecule has 1 aromatic rings. The van der Waals surface area contributed by atoms with E-state index in [-0.39, 0.29) is 17.7 Å². The van der Waals surface area contributed by atoms with Crippen molar-refractivity contribution in [3.63, 3.8) is 0 Å². The molecule has 98 valence electrons. The molecule has 0 spiro atoms. The van der Waals surface area contributed by atoms with Crippen molar-refractivity contribution in [2.24, 2.45) is 11.7 Å². The van der Waals surface area contributed by atoms with Crippen LogP contribution in [0.1, 0.15) is 29.6 Å². The van der Waals surface area contributed by atoms with Crippen LogP contribution in [0.15, 0.2) is 18.2 Å². The molecule has 1 aliphatic rings. The highest BCUT2D eigenvalue weighted by Crippen LogP contribution is 2.35.